The summed E-state index contributed by atoms with van der Waals surface area (Å²) in [6.07, 6.45) is 0. The Kier molecular flexibility index (Phi) is 4.38. The minimum atomic E-state index is -0.377. The first-order valence-electron chi connectivity index (χ1n) is 6.33. The average molecular weight is 307 g/mol. The molecule has 0 amide bonds. The van der Waals surface area contributed by atoms with Crippen LogP contribution in [0.15, 0.2) is 30.3 Å². The van der Waals surface area contributed by atoms with E-state index < -0.39 is 0 Å². The monoisotopic (exact) mass is 306 g/mol. The minimum absolute atomic E-state index is 0.103. The van der Waals surface area contributed by atoms with E-state index in [1.54, 1.807) is 12.1 Å². The SMILES string of the molecule is Cc1cc(OCC(=O)c2ccc(O)cc2O)cc(C)c1Cl. The van der Waals surface area contributed by atoms with E-state index in [1.165, 1.54) is 12.1 Å². The number of carbonyl (C=O) groups is 1. The van der Waals surface area contributed by atoms with Gasteiger partial charge in [0.05, 0.1) is 5.56 Å². The first-order valence-corrected chi connectivity index (χ1v) is 6.71. The molecule has 21 heavy (non-hydrogen) atoms. The van der Waals surface area contributed by atoms with Crippen LogP contribution in [0.5, 0.6) is 17.2 Å². The molecule has 110 valence electrons. The van der Waals surface area contributed by atoms with Crippen LogP contribution in [0.25, 0.3) is 0 Å². The van der Waals surface area contributed by atoms with Crippen molar-refractivity contribution >= 4 is 17.4 Å². The van der Waals surface area contributed by atoms with Crippen LogP contribution in [-0.4, -0.2) is 22.6 Å². The predicted octanol–water partition coefficient (Wildman–Crippen LogP) is 3.63. The van der Waals surface area contributed by atoms with Crippen molar-refractivity contribution in [3.63, 3.8) is 0 Å². The number of phenols is 2. The first-order chi connectivity index (χ1) is 9.88. The van der Waals surface area contributed by atoms with Gasteiger partial charge in [-0.25, -0.2) is 0 Å². The largest absolute Gasteiger partial charge is 0.508 e. The van der Waals surface area contributed by atoms with Crippen molar-refractivity contribution < 1.29 is 19.7 Å². The van der Waals surface area contributed by atoms with Crippen molar-refractivity contribution in [2.24, 2.45) is 0 Å². The summed E-state index contributed by atoms with van der Waals surface area (Å²) in [5, 5.41) is 19.5. The summed E-state index contributed by atoms with van der Waals surface area (Å²) < 4.78 is 5.44. The molecule has 0 aliphatic heterocycles. The van der Waals surface area contributed by atoms with Crippen LogP contribution in [0, 0.1) is 13.8 Å². The maximum atomic E-state index is 12.0. The van der Waals surface area contributed by atoms with Gasteiger partial charge in [0.1, 0.15) is 17.2 Å². The number of hydrogen-bond acceptors (Lipinski definition) is 4. The Morgan fingerprint density at radius 1 is 1.14 bits per heavy atom. The second-order valence-corrected chi connectivity index (χ2v) is 5.16. The number of aromatic hydroxyl groups is 2. The Morgan fingerprint density at radius 2 is 1.76 bits per heavy atom. The van der Waals surface area contributed by atoms with Gasteiger partial charge in [-0.3, -0.25) is 4.79 Å². The van der Waals surface area contributed by atoms with Gasteiger partial charge in [-0.2, -0.15) is 0 Å². The number of halogens is 1. The summed E-state index contributed by atoms with van der Waals surface area (Å²) in [7, 11) is 0. The fourth-order valence-corrected chi connectivity index (χ4v) is 2.08. The zero-order valence-electron chi connectivity index (χ0n) is 11.7. The normalized spacial score (nSPS) is 10.4. The van der Waals surface area contributed by atoms with Gasteiger partial charge < -0.3 is 14.9 Å². The minimum Gasteiger partial charge on any atom is -0.508 e. The van der Waals surface area contributed by atoms with Crippen LogP contribution in [-0.2, 0) is 0 Å². The quantitative estimate of drug-likeness (QED) is 0.847. The molecule has 4 nitrogen and oxygen atoms in total. The van der Waals surface area contributed by atoms with E-state index in [-0.39, 0.29) is 29.5 Å². The summed E-state index contributed by atoms with van der Waals surface area (Å²) in [6, 6.07) is 7.31. The average Bonchev–Trinajstić information content (AvgIpc) is 2.42. The molecule has 2 aromatic carbocycles. The molecule has 0 aliphatic carbocycles. The molecule has 0 bridgehead atoms. The number of benzene rings is 2. The van der Waals surface area contributed by atoms with Crippen molar-refractivity contribution in [3.8, 4) is 17.2 Å². The van der Waals surface area contributed by atoms with E-state index in [9.17, 15) is 15.0 Å². The standard InChI is InChI=1S/C16H15ClO4/c1-9-5-12(6-10(2)16(9)17)21-8-15(20)13-4-3-11(18)7-14(13)19/h3-7,18-19H,8H2,1-2H3. The maximum Gasteiger partial charge on any atom is 0.203 e. The summed E-state index contributed by atoms with van der Waals surface area (Å²) in [6.45, 7) is 3.50. The smallest absolute Gasteiger partial charge is 0.203 e. The van der Waals surface area contributed by atoms with Crippen LogP contribution in [0.3, 0.4) is 0 Å². The van der Waals surface area contributed by atoms with Gasteiger partial charge >= 0.3 is 0 Å². The van der Waals surface area contributed by atoms with Gasteiger partial charge in [0.2, 0.25) is 5.78 Å². The highest BCUT2D eigenvalue weighted by molar-refractivity contribution is 6.32. The summed E-state index contributed by atoms with van der Waals surface area (Å²) in [4.78, 5) is 12.0. The van der Waals surface area contributed by atoms with Crippen molar-refractivity contribution in [1.29, 1.82) is 0 Å². The Morgan fingerprint density at radius 3 is 2.33 bits per heavy atom. The number of ketones is 1. The molecular formula is C16H15ClO4. The molecule has 0 aromatic heterocycles. The molecule has 0 aliphatic rings. The fourth-order valence-electron chi connectivity index (χ4n) is 1.97. The Bertz CT molecular complexity index is 672. The van der Waals surface area contributed by atoms with Crippen LogP contribution in [0.1, 0.15) is 21.5 Å². The maximum absolute atomic E-state index is 12.0. The van der Waals surface area contributed by atoms with E-state index in [0.29, 0.717) is 10.8 Å². The van der Waals surface area contributed by atoms with E-state index >= 15 is 0 Å². The van der Waals surface area contributed by atoms with E-state index in [2.05, 4.69) is 0 Å². The molecule has 2 rings (SSSR count). The van der Waals surface area contributed by atoms with Crippen molar-refractivity contribution in [2.75, 3.05) is 6.61 Å². The highest BCUT2D eigenvalue weighted by Crippen LogP contribution is 2.27. The zero-order valence-corrected chi connectivity index (χ0v) is 12.4. The van der Waals surface area contributed by atoms with Gasteiger partial charge in [-0.1, -0.05) is 11.6 Å². The third-order valence-electron chi connectivity index (χ3n) is 3.06. The topological polar surface area (TPSA) is 66.8 Å². The number of phenolic OH excluding ortho intramolecular Hbond substituents is 2. The number of Topliss-reactive ketones (excluding diaryl/α,β-unsaturated/α-hetero) is 1. The molecular weight excluding hydrogens is 292 g/mol. The molecule has 0 saturated heterocycles. The van der Waals surface area contributed by atoms with Crippen molar-refractivity contribution in [3.05, 3.63) is 52.0 Å². The van der Waals surface area contributed by atoms with E-state index in [0.717, 1.165) is 17.2 Å². The van der Waals surface area contributed by atoms with Crippen LogP contribution in [0.4, 0.5) is 0 Å². The molecule has 0 unspecified atom stereocenters. The van der Waals surface area contributed by atoms with Crippen LogP contribution < -0.4 is 4.74 Å². The molecule has 0 fully saturated rings. The molecule has 0 atom stereocenters. The van der Waals surface area contributed by atoms with Gasteiger partial charge in [0.25, 0.3) is 0 Å². The number of rotatable bonds is 4. The molecule has 5 heteroatoms. The fraction of sp³-hybridized carbons (Fsp3) is 0.188. The highest BCUT2D eigenvalue weighted by Gasteiger charge is 2.13. The van der Waals surface area contributed by atoms with Gasteiger partial charge in [0, 0.05) is 11.1 Å². The summed E-state index contributed by atoms with van der Waals surface area (Å²) in [5.41, 5.74) is 1.84. The Labute approximate surface area is 127 Å². The third-order valence-corrected chi connectivity index (χ3v) is 3.66. The molecule has 0 saturated carbocycles. The summed E-state index contributed by atoms with van der Waals surface area (Å²) in [5.74, 6) is -0.209. The number of carbonyl (C=O) groups excluding carboxylic acids is 1. The lowest BCUT2D eigenvalue weighted by Gasteiger charge is -2.10. The lowest BCUT2D eigenvalue weighted by Crippen LogP contribution is -2.12. The lowest BCUT2D eigenvalue weighted by molar-refractivity contribution is 0.0918. The zero-order chi connectivity index (χ0) is 15.6. The molecule has 2 aromatic rings. The molecule has 0 spiro atoms. The molecule has 0 radical (unpaired) electrons. The first kappa shape index (κ1) is 15.2. The Hall–Kier alpha value is -2.20. The van der Waals surface area contributed by atoms with E-state index in [1.807, 2.05) is 13.8 Å². The number of ether oxygens (including phenoxy) is 1. The Balaban J connectivity index is 2.11. The summed E-state index contributed by atoms with van der Waals surface area (Å²) >= 11 is 6.06. The van der Waals surface area contributed by atoms with Gasteiger partial charge in [0.15, 0.2) is 6.61 Å². The van der Waals surface area contributed by atoms with Crippen molar-refractivity contribution in [1.82, 2.24) is 0 Å². The number of hydrogen-bond donors (Lipinski definition) is 2. The van der Waals surface area contributed by atoms with Crippen molar-refractivity contribution in [2.45, 2.75) is 13.8 Å². The number of aryl methyl sites for hydroxylation is 2. The lowest BCUT2D eigenvalue weighted by atomic mass is 10.1. The second kappa shape index (κ2) is 6.06. The van der Waals surface area contributed by atoms with Gasteiger partial charge in [-0.15, -0.1) is 0 Å². The molecule has 0 heterocycles. The highest BCUT2D eigenvalue weighted by atomic mass is 35.5. The second-order valence-electron chi connectivity index (χ2n) is 4.78. The van der Waals surface area contributed by atoms with Crippen LogP contribution >= 0.6 is 11.6 Å². The van der Waals surface area contributed by atoms with E-state index in [4.69, 9.17) is 16.3 Å². The van der Waals surface area contributed by atoms with Crippen LogP contribution in [0.2, 0.25) is 5.02 Å². The predicted molar refractivity (Wildman–Crippen MR) is 80.5 cm³/mol. The third kappa shape index (κ3) is 3.47. The van der Waals surface area contributed by atoms with Gasteiger partial charge in [-0.05, 0) is 49.2 Å². The molecule has 2 N–H and O–H groups in total.